The van der Waals surface area contributed by atoms with Crippen molar-refractivity contribution >= 4 is 7.59 Å². The fourth-order valence-electron chi connectivity index (χ4n) is 0.691. The minimum absolute atomic E-state index is 0.242. The first-order valence-corrected chi connectivity index (χ1v) is 4.29. The van der Waals surface area contributed by atoms with Gasteiger partial charge in [-0.3, -0.25) is 10.1 Å². The summed E-state index contributed by atoms with van der Waals surface area (Å²) in [5, 5.41) is 5.38. The van der Waals surface area contributed by atoms with Gasteiger partial charge in [-0.2, -0.15) is 0 Å². The molecule has 5 heteroatoms. The van der Waals surface area contributed by atoms with Gasteiger partial charge >= 0.3 is 0 Å². The minimum Gasteiger partial charge on any atom is -0.271 e. The third kappa shape index (κ3) is 1.29. The fraction of sp³-hybridized carbons (Fsp3) is 1.00. The van der Waals surface area contributed by atoms with Gasteiger partial charge < -0.3 is 0 Å². The van der Waals surface area contributed by atoms with Crippen molar-refractivity contribution in [2.45, 2.75) is 13.0 Å². The molecular weight excluding hydrogens is 125 g/mol. The molecule has 0 saturated carbocycles. The molecule has 8 heavy (non-hydrogen) atoms. The van der Waals surface area contributed by atoms with Crippen molar-refractivity contribution in [2.24, 2.45) is 5.50 Å². The molecule has 1 heterocycles. The maximum absolute atomic E-state index is 10.8. The normalized spacial score (nSPS) is 47.5. The second kappa shape index (κ2) is 1.81. The highest BCUT2D eigenvalue weighted by atomic mass is 31.2. The summed E-state index contributed by atoms with van der Waals surface area (Å²) in [5.41, 5.74) is 5.20. The van der Waals surface area contributed by atoms with Crippen LogP contribution in [0.1, 0.15) is 6.92 Å². The zero-order chi connectivity index (χ0) is 6.20. The van der Waals surface area contributed by atoms with Crippen LogP contribution >= 0.6 is 7.59 Å². The van der Waals surface area contributed by atoms with E-state index in [1.54, 1.807) is 0 Å². The Balaban J connectivity index is 2.57. The maximum atomic E-state index is 10.8. The van der Waals surface area contributed by atoms with E-state index in [1.165, 1.54) is 0 Å². The molecule has 0 aromatic rings. The van der Waals surface area contributed by atoms with Crippen LogP contribution < -0.4 is 15.7 Å². The Morgan fingerprint density at radius 1 is 1.88 bits per heavy atom. The summed E-state index contributed by atoms with van der Waals surface area (Å²) in [6.45, 7) is 2.63. The number of rotatable bonds is 0. The first kappa shape index (κ1) is 6.23. The van der Waals surface area contributed by atoms with Crippen LogP contribution in [0.5, 0.6) is 0 Å². The van der Waals surface area contributed by atoms with Gasteiger partial charge in [0.2, 0.25) is 0 Å². The van der Waals surface area contributed by atoms with E-state index >= 15 is 0 Å². The molecule has 0 amide bonds. The maximum Gasteiger partial charge on any atom is 0.276 e. The number of nitrogens with two attached hydrogens (primary N) is 1. The summed E-state index contributed by atoms with van der Waals surface area (Å²) in [6.07, 6.45) is 0. The Bertz CT molecular complexity index is 136. The smallest absolute Gasteiger partial charge is 0.271 e. The molecule has 1 aliphatic rings. The molecule has 1 rings (SSSR count). The van der Waals surface area contributed by atoms with Crippen molar-refractivity contribution in [1.29, 1.82) is 0 Å². The lowest BCUT2D eigenvalue weighted by Crippen LogP contribution is -2.18. The van der Waals surface area contributed by atoms with Crippen molar-refractivity contribution in [2.75, 3.05) is 6.54 Å². The lowest BCUT2D eigenvalue weighted by molar-refractivity contribution is 0.566. The Labute approximate surface area is 48.4 Å². The summed E-state index contributed by atoms with van der Waals surface area (Å²) in [7, 11) is -2.60. The Morgan fingerprint density at radius 3 is 2.62 bits per heavy atom. The largest absolute Gasteiger partial charge is 0.276 e. The molecule has 4 nitrogen and oxygen atoms in total. The molecule has 2 unspecified atom stereocenters. The molecule has 0 spiro atoms. The van der Waals surface area contributed by atoms with Gasteiger partial charge in [0.1, 0.15) is 0 Å². The molecule has 2 atom stereocenters. The van der Waals surface area contributed by atoms with Gasteiger partial charge in [-0.05, 0) is 6.92 Å². The van der Waals surface area contributed by atoms with Crippen molar-refractivity contribution in [3.63, 3.8) is 0 Å². The fourth-order valence-corrected chi connectivity index (χ4v) is 2.07. The summed E-state index contributed by atoms with van der Waals surface area (Å²) >= 11 is 0. The first-order chi connectivity index (χ1) is 3.60. The van der Waals surface area contributed by atoms with E-state index in [-0.39, 0.29) is 6.04 Å². The van der Waals surface area contributed by atoms with Gasteiger partial charge in [0, 0.05) is 12.6 Å². The number of nitrogens with one attached hydrogen (secondary N) is 2. The van der Waals surface area contributed by atoms with E-state index in [9.17, 15) is 4.57 Å². The standard InChI is InChI=1S/C3H10N3OP/c1-3-2-5-8(4,7)6-3/h3H,2H2,1H3,(H4,4,5,6,7). The minimum atomic E-state index is -2.60. The zero-order valence-electron chi connectivity index (χ0n) is 4.72. The second-order valence-electron chi connectivity index (χ2n) is 2.05. The molecule has 0 aromatic carbocycles. The number of hydrogen-bond acceptors (Lipinski definition) is 1. The molecule has 0 radical (unpaired) electrons. The van der Waals surface area contributed by atoms with E-state index in [0.29, 0.717) is 6.54 Å². The van der Waals surface area contributed by atoms with Gasteiger partial charge in [0.15, 0.2) is 0 Å². The van der Waals surface area contributed by atoms with Crippen LogP contribution in [0.3, 0.4) is 0 Å². The topological polar surface area (TPSA) is 67.1 Å². The quantitative estimate of drug-likeness (QED) is 0.396. The molecule has 1 aliphatic heterocycles. The van der Waals surface area contributed by atoms with Crippen LogP contribution in [0, 0.1) is 0 Å². The lowest BCUT2D eigenvalue weighted by atomic mass is 10.4. The van der Waals surface area contributed by atoms with Crippen LogP contribution in [-0.4, -0.2) is 12.6 Å². The van der Waals surface area contributed by atoms with E-state index in [1.807, 2.05) is 6.92 Å². The van der Waals surface area contributed by atoms with Gasteiger partial charge in [0.25, 0.3) is 7.59 Å². The highest BCUT2D eigenvalue weighted by molar-refractivity contribution is 7.57. The third-order valence-corrected chi connectivity index (χ3v) is 2.52. The molecule has 0 aliphatic carbocycles. The van der Waals surface area contributed by atoms with Crippen LogP contribution in [0.2, 0.25) is 0 Å². The molecule has 1 saturated heterocycles. The summed E-state index contributed by atoms with van der Waals surface area (Å²) in [6, 6.07) is 0.242. The molecule has 1 fully saturated rings. The van der Waals surface area contributed by atoms with Gasteiger partial charge in [-0.25, -0.2) is 10.2 Å². The van der Waals surface area contributed by atoms with Gasteiger partial charge in [0.05, 0.1) is 0 Å². The van der Waals surface area contributed by atoms with E-state index in [2.05, 4.69) is 10.2 Å². The summed E-state index contributed by atoms with van der Waals surface area (Å²) in [4.78, 5) is 0. The SMILES string of the molecule is CC1CNP(N)(=O)N1. The second-order valence-corrected chi connectivity index (χ2v) is 3.94. The predicted molar refractivity (Wildman–Crippen MR) is 32.4 cm³/mol. The Hall–Kier alpha value is 0.110. The third-order valence-electron chi connectivity index (χ3n) is 1.04. The Morgan fingerprint density at radius 2 is 2.50 bits per heavy atom. The predicted octanol–water partition coefficient (Wildman–Crippen LogP) is -0.366. The zero-order valence-corrected chi connectivity index (χ0v) is 5.61. The van der Waals surface area contributed by atoms with Crippen LogP contribution in [0.25, 0.3) is 0 Å². The average molecular weight is 135 g/mol. The average Bonchev–Trinajstić information content (AvgIpc) is 1.82. The monoisotopic (exact) mass is 135 g/mol. The van der Waals surface area contributed by atoms with Crippen molar-refractivity contribution in [3.05, 3.63) is 0 Å². The first-order valence-electron chi connectivity index (χ1n) is 2.52. The van der Waals surface area contributed by atoms with E-state index in [4.69, 9.17) is 5.50 Å². The summed E-state index contributed by atoms with van der Waals surface area (Å²) < 4.78 is 10.8. The van der Waals surface area contributed by atoms with Crippen LogP contribution in [0.4, 0.5) is 0 Å². The lowest BCUT2D eigenvalue weighted by Gasteiger charge is -2.02. The highest BCUT2D eigenvalue weighted by Crippen LogP contribution is 2.29. The highest BCUT2D eigenvalue weighted by Gasteiger charge is 2.25. The van der Waals surface area contributed by atoms with E-state index < -0.39 is 7.59 Å². The van der Waals surface area contributed by atoms with Crippen molar-refractivity contribution < 1.29 is 4.57 Å². The van der Waals surface area contributed by atoms with Crippen LogP contribution in [-0.2, 0) is 4.57 Å². The van der Waals surface area contributed by atoms with Crippen molar-refractivity contribution in [1.82, 2.24) is 10.2 Å². The molecule has 48 valence electrons. The van der Waals surface area contributed by atoms with Gasteiger partial charge in [-0.1, -0.05) is 0 Å². The van der Waals surface area contributed by atoms with Crippen molar-refractivity contribution in [3.8, 4) is 0 Å². The summed E-state index contributed by atoms with van der Waals surface area (Å²) in [5.74, 6) is 0. The van der Waals surface area contributed by atoms with E-state index in [0.717, 1.165) is 0 Å². The molecule has 0 bridgehead atoms. The number of hydrogen-bond donors (Lipinski definition) is 3. The van der Waals surface area contributed by atoms with Crippen LogP contribution in [0.15, 0.2) is 0 Å². The molecule has 4 N–H and O–H groups in total. The molecule has 0 aromatic heterocycles. The Kier molecular flexibility index (Phi) is 1.41. The van der Waals surface area contributed by atoms with Gasteiger partial charge in [-0.15, -0.1) is 0 Å². The molecular formula is C3H10N3OP.